The molecule has 104 valence electrons. The average molecular weight is 282 g/mol. The summed E-state index contributed by atoms with van der Waals surface area (Å²) in [5.41, 5.74) is 2.78. The molecule has 1 saturated heterocycles. The van der Waals surface area contributed by atoms with Crippen LogP contribution in [-0.4, -0.2) is 23.7 Å². The number of carbonyl (C=O) groups is 2. The molecule has 3 amide bonds. The summed E-state index contributed by atoms with van der Waals surface area (Å²) in [6.45, 7) is 1.58. The Kier molecular flexibility index (Phi) is 3.82. The Bertz CT molecular complexity index is 696. The van der Waals surface area contributed by atoms with Gasteiger partial charge in [0.1, 0.15) is 18.2 Å². The highest BCUT2D eigenvalue weighted by molar-refractivity contribution is 6.22. The van der Waals surface area contributed by atoms with Crippen molar-refractivity contribution in [1.82, 2.24) is 5.32 Å². The number of benzene rings is 1. The minimum Gasteiger partial charge on any atom is -0.326 e. The molecular formula is C13H10N6O2. The van der Waals surface area contributed by atoms with E-state index in [-0.39, 0.29) is 11.6 Å². The SMILES string of the molecule is CC1NC(=O)N(c2ccccc2NN=C(C#N)C#N)C1=O. The zero-order valence-electron chi connectivity index (χ0n) is 11.0. The van der Waals surface area contributed by atoms with Crippen LogP contribution in [0.25, 0.3) is 0 Å². The molecule has 0 aromatic heterocycles. The summed E-state index contributed by atoms with van der Waals surface area (Å²) in [7, 11) is 0. The van der Waals surface area contributed by atoms with Gasteiger partial charge in [-0.2, -0.15) is 15.6 Å². The van der Waals surface area contributed by atoms with Gasteiger partial charge in [-0.25, -0.2) is 9.69 Å². The summed E-state index contributed by atoms with van der Waals surface area (Å²) in [4.78, 5) is 24.8. The first-order valence-corrected chi connectivity index (χ1v) is 5.96. The smallest absolute Gasteiger partial charge is 0.326 e. The number of anilines is 2. The molecule has 0 radical (unpaired) electrons. The normalized spacial score (nSPS) is 16.7. The van der Waals surface area contributed by atoms with E-state index in [1.165, 1.54) is 0 Å². The molecule has 1 aliphatic rings. The van der Waals surface area contributed by atoms with Crippen molar-refractivity contribution in [3.63, 3.8) is 0 Å². The van der Waals surface area contributed by atoms with Gasteiger partial charge in [-0.1, -0.05) is 12.1 Å². The lowest BCUT2D eigenvalue weighted by atomic mass is 10.2. The molecule has 0 spiro atoms. The number of nitriles is 2. The fourth-order valence-electron chi connectivity index (χ4n) is 1.79. The molecule has 1 aromatic carbocycles. The van der Waals surface area contributed by atoms with Gasteiger partial charge < -0.3 is 5.32 Å². The van der Waals surface area contributed by atoms with Gasteiger partial charge in [0.25, 0.3) is 5.91 Å². The molecule has 1 atom stereocenters. The molecule has 21 heavy (non-hydrogen) atoms. The Morgan fingerprint density at radius 2 is 2.00 bits per heavy atom. The minimum absolute atomic E-state index is 0.295. The Labute approximate surface area is 120 Å². The van der Waals surface area contributed by atoms with Crippen LogP contribution in [0.2, 0.25) is 0 Å². The zero-order chi connectivity index (χ0) is 15.4. The highest BCUT2D eigenvalue weighted by atomic mass is 16.2. The largest absolute Gasteiger partial charge is 0.329 e. The van der Waals surface area contributed by atoms with Crippen molar-refractivity contribution in [3.8, 4) is 12.1 Å². The Morgan fingerprint density at radius 1 is 1.33 bits per heavy atom. The molecule has 0 bridgehead atoms. The number of hydrogen-bond donors (Lipinski definition) is 2. The van der Waals surface area contributed by atoms with Crippen molar-refractivity contribution in [1.29, 1.82) is 10.5 Å². The number of para-hydroxylation sites is 2. The molecule has 8 nitrogen and oxygen atoms in total. The van der Waals surface area contributed by atoms with Crippen LogP contribution in [0, 0.1) is 22.7 Å². The van der Waals surface area contributed by atoms with E-state index in [0.29, 0.717) is 11.4 Å². The van der Waals surface area contributed by atoms with Crippen LogP contribution in [0.5, 0.6) is 0 Å². The number of rotatable bonds is 3. The number of urea groups is 1. The lowest BCUT2D eigenvalue weighted by Crippen LogP contribution is -2.31. The number of hydrogen-bond acceptors (Lipinski definition) is 6. The first-order valence-electron chi connectivity index (χ1n) is 5.96. The predicted octanol–water partition coefficient (Wildman–Crippen LogP) is 0.946. The van der Waals surface area contributed by atoms with E-state index in [4.69, 9.17) is 10.5 Å². The molecule has 8 heteroatoms. The summed E-state index contributed by atoms with van der Waals surface area (Å²) in [5.74, 6) is -0.390. The molecule has 1 aromatic rings. The van der Waals surface area contributed by atoms with Crippen molar-refractivity contribution in [2.45, 2.75) is 13.0 Å². The summed E-state index contributed by atoms with van der Waals surface area (Å²) in [5, 5.41) is 23.4. The first-order chi connectivity index (χ1) is 10.1. The van der Waals surface area contributed by atoms with Crippen molar-refractivity contribution in [3.05, 3.63) is 24.3 Å². The molecule has 1 heterocycles. The van der Waals surface area contributed by atoms with Crippen molar-refractivity contribution in [2.24, 2.45) is 5.10 Å². The van der Waals surface area contributed by atoms with Crippen LogP contribution in [-0.2, 0) is 4.79 Å². The maximum Gasteiger partial charge on any atom is 0.329 e. The molecule has 0 saturated carbocycles. The lowest BCUT2D eigenvalue weighted by molar-refractivity contribution is -0.117. The summed E-state index contributed by atoms with van der Waals surface area (Å²) in [6.07, 6.45) is 0. The molecule has 2 N–H and O–H groups in total. The van der Waals surface area contributed by atoms with E-state index < -0.39 is 12.1 Å². The van der Waals surface area contributed by atoms with E-state index in [1.807, 2.05) is 0 Å². The zero-order valence-corrected chi connectivity index (χ0v) is 11.0. The van der Waals surface area contributed by atoms with Crippen LogP contribution in [0.1, 0.15) is 6.92 Å². The topological polar surface area (TPSA) is 121 Å². The van der Waals surface area contributed by atoms with E-state index in [2.05, 4.69) is 15.8 Å². The summed E-state index contributed by atoms with van der Waals surface area (Å²) < 4.78 is 0. The molecule has 1 fully saturated rings. The standard InChI is InChI=1S/C13H10N6O2/c1-8-12(20)19(13(21)16-8)11-5-3-2-4-10(11)18-17-9(6-14)7-15/h2-5,8,18H,1H3,(H,16,21). The highest BCUT2D eigenvalue weighted by Gasteiger charge is 2.37. The quantitative estimate of drug-likeness (QED) is 0.485. The minimum atomic E-state index is -0.608. The Balaban J connectivity index is 2.37. The van der Waals surface area contributed by atoms with Gasteiger partial charge in [0.2, 0.25) is 5.71 Å². The van der Waals surface area contributed by atoms with Gasteiger partial charge in [-0.15, -0.1) is 0 Å². The van der Waals surface area contributed by atoms with Crippen LogP contribution in [0.15, 0.2) is 29.4 Å². The molecule has 1 aliphatic heterocycles. The van der Waals surface area contributed by atoms with Gasteiger partial charge in [-0.3, -0.25) is 10.2 Å². The van der Waals surface area contributed by atoms with Crippen molar-refractivity contribution >= 4 is 29.0 Å². The molecular weight excluding hydrogens is 272 g/mol. The number of nitrogens with zero attached hydrogens (tertiary/aromatic N) is 4. The van der Waals surface area contributed by atoms with E-state index >= 15 is 0 Å². The monoisotopic (exact) mass is 282 g/mol. The molecule has 1 unspecified atom stereocenters. The summed E-state index contributed by atoms with van der Waals surface area (Å²) in [6, 6.07) is 8.52. The van der Waals surface area contributed by atoms with Gasteiger partial charge >= 0.3 is 6.03 Å². The molecule has 0 aliphatic carbocycles. The number of amides is 3. The second kappa shape index (κ2) is 5.72. The van der Waals surface area contributed by atoms with E-state index in [9.17, 15) is 9.59 Å². The Hall–Kier alpha value is -3.39. The highest BCUT2D eigenvalue weighted by Crippen LogP contribution is 2.28. The second-order valence-electron chi connectivity index (χ2n) is 4.16. The number of imide groups is 1. The van der Waals surface area contributed by atoms with Gasteiger partial charge in [0.05, 0.1) is 11.4 Å². The van der Waals surface area contributed by atoms with Gasteiger partial charge in [0.15, 0.2) is 0 Å². The molecule has 2 rings (SSSR count). The Morgan fingerprint density at radius 3 is 2.57 bits per heavy atom. The fourth-order valence-corrected chi connectivity index (χ4v) is 1.79. The first kappa shape index (κ1) is 14.0. The van der Waals surface area contributed by atoms with Crippen molar-refractivity contribution in [2.75, 3.05) is 10.3 Å². The maximum absolute atomic E-state index is 12.0. The number of hydrazone groups is 1. The van der Waals surface area contributed by atoms with Crippen LogP contribution in [0.3, 0.4) is 0 Å². The second-order valence-corrected chi connectivity index (χ2v) is 4.16. The van der Waals surface area contributed by atoms with Gasteiger partial charge in [0, 0.05) is 0 Å². The predicted molar refractivity (Wildman–Crippen MR) is 74.2 cm³/mol. The van der Waals surface area contributed by atoms with Crippen LogP contribution >= 0.6 is 0 Å². The van der Waals surface area contributed by atoms with Crippen molar-refractivity contribution < 1.29 is 9.59 Å². The average Bonchev–Trinajstić information content (AvgIpc) is 2.74. The number of nitrogens with one attached hydrogen (secondary N) is 2. The van der Waals surface area contributed by atoms with Crippen LogP contribution < -0.4 is 15.6 Å². The van der Waals surface area contributed by atoms with Gasteiger partial charge in [-0.05, 0) is 19.1 Å². The third-order valence-corrected chi connectivity index (χ3v) is 2.78. The van der Waals surface area contributed by atoms with Crippen LogP contribution in [0.4, 0.5) is 16.2 Å². The summed E-state index contributed by atoms with van der Waals surface area (Å²) >= 11 is 0. The van der Waals surface area contributed by atoms with E-state index in [1.54, 1.807) is 43.3 Å². The lowest BCUT2D eigenvalue weighted by Gasteiger charge is -2.16. The number of carbonyl (C=O) groups excluding carboxylic acids is 2. The van der Waals surface area contributed by atoms with E-state index in [0.717, 1.165) is 4.90 Å². The fraction of sp³-hybridized carbons (Fsp3) is 0.154. The third kappa shape index (κ3) is 2.65. The third-order valence-electron chi connectivity index (χ3n) is 2.78. The maximum atomic E-state index is 12.0.